The number of piperidine rings is 1. The van der Waals surface area contributed by atoms with E-state index in [9.17, 15) is 18.0 Å². The quantitative estimate of drug-likeness (QED) is 0.703. The van der Waals surface area contributed by atoms with E-state index < -0.39 is 11.7 Å². The van der Waals surface area contributed by atoms with E-state index in [1.807, 2.05) is 29.2 Å². The molecule has 0 saturated carbocycles. The molecule has 10 heteroatoms. The van der Waals surface area contributed by atoms with Crippen molar-refractivity contribution in [1.29, 1.82) is 0 Å². The molecule has 0 radical (unpaired) electrons. The predicted octanol–water partition coefficient (Wildman–Crippen LogP) is 4.36. The second-order valence-electron chi connectivity index (χ2n) is 8.59. The van der Waals surface area contributed by atoms with Gasteiger partial charge in [-0.3, -0.25) is 4.79 Å². The van der Waals surface area contributed by atoms with Crippen LogP contribution in [-0.2, 0) is 11.0 Å². The van der Waals surface area contributed by atoms with Gasteiger partial charge in [-0.1, -0.05) is 23.7 Å². The number of aromatic nitrogens is 1. The number of para-hydroxylation sites is 2. The van der Waals surface area contributed by atoms with Gasteiger partial charge >= 0.3 is 6.18 Å². The van der Waals surface area contributed by atoms with Crippen molar-refractivity contribution in [2.24, 2.45) is 5.92 Å². The number of amides is 1. The lowest BCUT2D eigenvalue weighted by atomic mass is 9.95. The maximum Gasteiger partial charge on any atom is 0.417 e. The number of nitrogens with zero attached hydrogens (tertiary/aromatic N) is 4. The van der Waals surface area contributed by atoms with E-state index in [1.165, 1.54) is 0 Å². The summed E-state index contributed by atoms with van der Waals surface area (Å²) in [5.41, 5.74) is 0.962. The van der Waals surface area contributed by atoms with Gasteiger partial charge in [0.05, 0.1) is 22.0 Å². The van der Waals surface area contributed by atoms with E-state index >= 15 is 0 Å². The Labute approximate surface area is 196 Å². The average molecular weight is 482 g/mol. The Morgan fingerprint density at radius 1 is 1.06 bits per heavy atom. The molecule has 2 aromatic rings. The van der Waals surface area contributed by atoms with Crippen LogP contribution >= 0.6 is 11.6 Å². The molecule has 0 unspecified atom stereocenters. The minimum absolute atomic E-state index is 0.0335. The standard InChI is InChI=1S/C23H27ClF3N5O/c1-30-10-12-31(13-11-30)20-5-3-2-4-19(20)29-22(33)16-6-8-32(9-7-16)21-18(24)14-17(15-28-21)23(25,26)27/h2-5,14-16H,6-13H2,1H3,(H,29,33). The molecule has 1 aromatic heterocycles. The van der Waals surface area contributed by atoms with E-state index in [2.05, 4.69) is 27.1 Å². The van der Waals surface area contributed by atoms with E-state index in [4.69, 9.17) is 11.6 Å². The first kappa shape index (κ1) is 23.6. The van der Waals surface area contributed by atoms with Crippen molar-refractivity contribution in [3.63, 3.8) is 0 Å². The van der Waals surface area contributed by atoms with Crippen molar-refractivity contribution < 1.29 is 18.0 Å². The van der Waals surface area contributed by atoms with Gasteiger partial charge in [-0.05, 0) is 38.1 Å². The van der Waals surface area contributed by atoms with Gasteiger partial charge in [-0.25, -0.2) is 4.98 Å². The van der Waals surface area contributed by atoms with Crippen LogP contribution in [0.25, 0.3) is 0 Å². The van der Waals surface area contributed by atoms with Gasteiger partial charge in [0, 0.05) is 51.4 Å². The highest BCUT2D eigenvalue weighted by Gasteiger charge is 2.33. The number of piperazine rings is 1. The molecule has 2 aliphatic heterocycles. The Morgan fingerprint density at radius 3 is 2.36 bits per heavy atom. The minimum atomic E-state index is -4.49. The van der Waals surface area contributed by atoms with Crippen LogP contribution < -0.4 is 15.1 Å². The zero-order chi connectivity index (χ0) is 23.6. The van der Waals surface area contributed by atoms with E-state index in [-0.39, 0.29) is 16.8 Å². The molecule has 33 heavy (non-hydrogen) atoms. The molecule has 178 valence electrons. The Balaban J connectivity index is 1.37. The Hall–Kier alpha value is -2.52. The molecule has 4 rings (SSSR count). The molecule has 0 atom stereocenters. The summed E-state index contributed by atoms with van der Waals surface area (Å²) in [6.07, 6.45) is -2.54. The maximum atomic E-state index is 13.0. The molecule has 0 bridgehead atoms. The molecule has 2 fully saturated rings. The van der Waals surface area contributed by atoms with Gasteiger partial charge < -0.3 is 20.0 Å². The zero-order valence-corrected chi connectivity index (χ0v) is 19.2. The second kappa shape index (κ2) is 9.77. The third-order valence-electron chi connectivity index (χ3n) is 6.32. The number of alkyl halides is 3. The molecule has 1 N–H and O–H groups in total. The first-order valence-corrected chi connectivity index (χ1v) is 11.4. The van der Waals surface area contributed by atoms with E-state index in [0.29, 0.717) is 31.7 Å². The van der Waals surface area contributed by atoms with Crippen molar-refractivity contribution in [3.05, 3.63) is 47.1 Å². The summed E-state index contributed by atoms with van der Waals surface area (Å²) in [6, 6.07) is 8.74. The smallest absolute Gasteiger partial charge is 0.367 e. The number of likely N-dealkylation sites (N-methyl/N-ethyl adjacent to an activating group) is 1. The fourth-order valence-electron chi connectivity index (χ4n) is 4.31. The van der Waals surface area contributed by atoms with Gasteiger partial charge in [0.25, 0.3) is 0 Å². The molecule has 1 amide bonds. The maximum absolute atomic E-state index is 13.0. The molecule has 0 spiro atoms. The number of pyridine rings is 1. The van der Waals surface area contributed by atoms with Gasteiger partial charge in [0.15, 0.2) is 0 Å². The van der Waals surface area contributed by atoms with Crippen molar-refractivity contribution in [2.75, 3.05) is 61.4 Å². The zero-order valence-electron chi connectivity index (χ0n) is 18.4. The Bertz CT molecular complexity index is 986. The normalized spacial score (nSPS) is 18.5. The average Bonchev–Trinajstić information content (AvgIpc) is 2.79. The SMILES string of the molecule is CN1CCN(c2ccccc2NC(=O)C2CCN(c3ncc(C(F)(F)F)cc3Cl)CC2)CC1. The lowest BCUT2D eigenvalue weighted by molar-refractivity contribution is -0.137. The van der Waals surface area contributed by atoms with E-state index in [0.717, 1.165) is 49.8 Å². The van der Waals surface area contributed by atoms with Crippen LogP contribution in [0.5, 0.6) is 0 Å². The predicted molar refractivity (Wildman–Crippen MR) is 124 cm³/mol. The third-order valence-corrected chi connectivity index (χ3v) is 6.60. The molecular formula is C23H27ClF3N5O. The summed E-state index contributed by atoms with van der Waals surface area (Å²) >= 11 is 6.08. The number of benzene rings is 1. The van der Waals surface area contributed by atoms with Crippen molar-refractivity contribution >= 4 is 34.7 Å². The summed E-state index contributed by atoms with van der Waals surface area (Å²) < 4.78 is 38.6. The molecule has 1 aromatic carbocycles. The number of carbonyl (C=O) groups excluding carboxylic acids is 1. The van der Waals surface area contributed by atoms with Gasteiger partial charge in [0.1, 0.15) is 5.82 Å². The van der Waals surface area contributed by atoms with Crippen LogP contribution in [0.2, 0.25) is 5.02 Å². The van der Waals surface area contributed by atoms with Crippen LogP contribution in [0.15, 0.2) is 36.5 Å². The van der Waals surface area contributed by atoms with Gasteiger partial charge in [-0.15, -0.1) is 0 Å². The minimum Gasteiger partial charge on any atom is -0.367 e. The van der Waals surface area contributed by atoms with Crippen molar-refractivity contribution in [3.8, 4) is 0 Å². The van der Waals surface area contributed by atoms with Crippen molar-refractivity contribution in [2.45, 2.75) is 19.0 Å². The topological polar surface area (TPSA) is 51.7 Å². The van der Waals surface area contributed by atoms with Crippen LogP contribution in [0, 0.1) is 5.92 Å². The van der Waals surface area contributed by atoms with Crippen LogP contribution in [0.1, 0.15) is 18.4 Å². The summed E-state index contributed by atoms with van der Waals surface area (Å²) in [7, 11) is 2.10. The van der Waals surface area contributed by atoms with Gasteiger partial charge in [-0.2, -0.15) is 13.2 Å². The molecule has 2 saturated heterocycles. The van der Waals surface area contributed by atoms with Crippen LogP contribution in [-0.4, -0.2) is 62.1 Å². The number of anilines is 3. The fourth-order valence-corrected chi connectivity index (χ4v) is 4.60. The summed E-state index contributed by atoms with van der Waals surface area (Å²) in [5.74, 6) is 0.0988. The molecule has 6 nitrogen and oxygen atoms in total. The lowest BCUT2D eigenvalue weighted by Gasteiger charge is -2.35. The Kier molecular flexibility index (Phi) is 6.99. The largest absolute Gasteiger partial charge is 0.417 e. The summed E-state index contributed by atoms with van der Waals surface area (Å²) in [6.45, 7) is 4.75. The first-order valence-electron chi connectivity index (χ1n) is 11.0. The highest BCUT2D eigenvalue weighted by Crippen LogP contribution is 2.35. The highest BCUT2D eigenvalue weighted by molar-refractivity contribution is 6.33. The number of hydrogen-bond donors (Lipinski definition) is 1. The number of hydrogen-bond acceptors (Lipinski definition) is 5. The van der Waals surface area contributed by atoms with E-state index in [1.54, 1.807) is 0 Å². The Morgan fingerprint density at radius 2 is 1.73 bits per heavy atom. The molecular weight excluding hydrogens is 455 g/mol. The molecule has 3 heterocycles. The first-order chi connectivity index (χ1) is 15.7. The van der Waals surface area contributed by atoms with Crippen LogP contribution in [0.3, 0.4) is 0 Å². The number of halogens is 4. The summed E-state index contributed by atoms with van der Waals surface area (Å²) in [5, 5.41) is 3.07. The molecule has 0 aliphatic carbocycles. The summed E-state index contributed by atoms with van der Waals surface area (Å²) in [4.78, 5) is 23.3. The second-order valence-corrected chi connectivity index (χ2v) is 8.99. The highest BCUT2D eigenvalue weighted by atomic mass is 35.5. The van der Waals surface area contributed by atoms with Crippen LogP contribution in [0.4, 0.5) is 30.4 Å². The lowest BCUT2D eigenvalue weighted by Crippen LogP contribution is -2.45. The van der Waals surface area contributed by atoms with Gasteiger partial charge in [0.2, 0.25) is 5.91 Å². The monoisotopic (exact) mass is 481 g/mol. The third kappa shape index (κ3) is 5.52. The number of rotatable bonds is 4. The van der Waals surface area contributed by atoms with Crippen molar-refractivity contribution in [1.82, 2.24) is 9.88 Å². The number of nitrogens with one attached hydrogen (secondary N) is 1. The number of carbonyl (C=O) groups is 1. The molecule has 2 aliphatic rings. The fraction of sp³-hybridized carbons (Fsp3) is 0.478.